The van der Waals surface area contributed by atoms with Gasteiger partial charge in [0, 0.05) is 33.7 Å². The second kappa shape index (κ2) is 6.10. The van der Waals surface area contributed by atoms with Crippen molar-refractivity contribution in [2.24, 2.45) is 0 Å². The number of carbonyl (C=O) groups excluding carboxylic acids is 1. The summed E-state index contributed by atoms with van der Waals surface area (Å²) in [5.74, 6) is -0.212. The third kappa shape index (κ3) is 3.06. The van der Waals surface area contributed by atoms with Crippen molar-refractivity contribution in [3.63, 3.8) is 0 Å². The standard InChI is InChI=1S/C11H16BrN3O3S2/c1-14(2)11(16)8-7-13-5-6-15(8)20(17,18)10-4-3-9(12)19-10/h3-4,8,13H,5-7H2,1-2H3. The molecule has 0 bridgehead atoms. The molecule has 2 rings (SSSR count). The maximum absolute atomic E-state index is 12.7. The topological polar surface area (TPSA) is 69.7 Å². The zero-order valence-electron chi connectivity index (χ0n) is 11.2. The zero-order valence-corrected chi connectivity index (χ0v) is 14.4. The molecule has 1 saturated heterocycles. The van der Waals surface area contributed by atoms with Gasteiger partial charge in [0.2, 0.25) is 5.91 Å². The Morgan fingerprint density at radius 1 is 1.50 bits per heavy atom. The lowest BCUT2D eigenvalue weighted by molar-refractivity contribution is -0.133. The molecule has 1 aliphatic heterocycles. The molecule has 1 fully saturated rings. The molecule has 0 spiro atoms. The van der Waals surface area contributed by atoms with E-state index in [2.05, 4.69) is 21.2 Å². The van der Waals surface area contributed by atoms with Crippen LogP contribution in [-0.4, -0.2) is 63.3 Å². The predicted octanol–water partition coefficient (Wildman–Crippen LogP) is 0.561. The monoisotopic (exact) mass is 381 g/mol. The number of nitrogens with zero attached hydrogens (tertiary/aromatic N) is 2. The van der Waals surface area contributed by atoms with Crippen LogP contribution in [-0.2, 0) is 14.8 Å². The molecule has 0 aliphatic carbocycles. The molecule has 9 heteroatoms. The Morgan fingerprint density at radius 2 is 2.20 bits per heavy atom. The summed E-state index contributed by atoms with van der Waals surface area (Å²) in [4.78, 5) is 13.6. The molecule has 1 aromatic rings. The molecule has 20 heavy (non-hydrogen) atoms. The molecule has 0 saturated carbocycles. The van der Waals surface area contributed by atoms with Crippen LogP contribution < -0.4 is 5.32 Å². The van der Waals surface area contributed by atoms with Gasteiger partial charge >= 0.3 is 0 Å². The first-order valence-corrected chi connectivity index (χ1v) is 9.08. The Kier molecular flexibility index (Phi) is 4.85. The summed E-state index contributed by atoms with van der Waals surface area (Å²) in [6.07, 6.45) is 0. The highest BCUT2D eigenvalue weighted by Gasteiger charge is 2.38. The van der Waals surface area contributed by atoms with E-state index >= 15 is 0 Å². The quantitative estimate of drug-likeness (QED) is 0.830. The number of piperazine rings is 1. The molecule has 1 unspecified atom stereocenters. The molecule has 6 nitrogen and oxygen atoms in total. The van der Waals surface area contributed by atoms with E-state index in [1.165, 1.54) is 9.21 Å². The van der Waals surface area contributed by atoms with Crippen LogP contribution in [0.5, 0.6) is 0 Å². The summed E-state index contributed by atoms with van der Waals surface area (Å²) in [6, 6.07) is 2.57. The molecular formula is C11H16BrN3O3S2. The van der Waals surface area contributed by atoms with E-state index in [1.54, 1.807) is 26.2 Å². The van der Waals surface area contributed by atoms with E-state index in [9.17, 15) is 13.2 Å². The van der Waals surface area contributed by atoms with Crippen LogP contribution in [0.2, 0.25) is 0 Å². The van der Waals surface area contributed by atoms with Gasteiger partial charge in [-0.15, -0.1) is 11.3 Å². The van der Waals surface area contributed by atoms with Crippen molar-refractivity contribution in [3.8, 4) is 0 Å². The highest BCUT2D eigenvalue weighted by atomic mass is 79.9. The van der Waals surface area contributed by atoms with E-state index < -0.39 is 16.1 Å². The summed E-state index contributed by atoms with van der Waals surface area (Å²) < 4.78 is 27.6. The minimum absolute atomic E-state index is 0.212. The molecule has 1 aromatic heterocycles. The fraction of sp³-hybridized carbons (Fsp3) is 0.545. The molecule has 0 radical (unpaired) electrons. The molecule has 1 amide bonds. The number of hydrogen-bond acceptors (Lipinski definition) is 5. The lowest BCUT2D eigenvalue weighted by Crippen LogP contribution is -2.59. The van der Waals surface area contributed by atoms with Crippen LogP contribution in [0.15, 0.2) is 20.1 Å². The number of hydrogen-bond donors (Lipinski definition) is 1. The maximum Gasteiger partial charge on any atom is 0.253 e. The van der Waals surface area contributed by atoms with Gasteiger partial charge in [-0.1, -0.05) is 0 Å². The molecule has 112 valence electrons. The third-order valence-electron chi connectivity index (χ3n) is 3.03. The first-order valence-electron chi connectivity index (χ1n) is 6.03. The van der Waals surface area contributed by atoms with Crippen LogP contribution >= 0.6 is 27.3 Å². The summed E-state index contributed by atoms with van der Waals surface area (Å²) >= 11 is 4.42. The largest absolute Gasteiger partial charge is 0.347 e. The highest BCUT2D eigenvalue weighted by molar-refractivity contribution is 9.11. The number of likely N-dealkylation sites (N-methyl/N-ethyl adjacent to an activating group) is 1. The summed E-state index contributed by atoms with van der Waals surface area (Å²) in [5, 5.41) is 3.07. The van der Waals surface area contributed by atoms with Gasteiger partial charge in [-0.2, -0.15) is 4.31 Å². The van der Waals surface area contributed by atoms with Gasteiger partial charge in [0.1, 0.15) is 10.3 Å². The van der Waals surface area contributed by atoms with E-state index in [1.807, 2.05) is 0 Å². The number of thiophene rings is 1. The Labute approximate surface area is 130 Å². The van der Waals surface area contributed by atoms with Crippen molar-refractivity contribution in [1.82, 2.24) is 14.5 Å². The fourth-order valence-electron chi connectivity index (χ4n) is 2.03. The average molecular weight is 382 g/mol. The van der Waals surface area contributed by atoms with Crippen LogP contribution in [0.25, 0.3) is 0 Å². The molecule has 1 N–H and O–H groups in total. The second-order valence-electron chi connectivity index (χ2n) is 4.63. The summed E-state index contributed by atoms with van der Waals surface area (Å²) in [6.45, 7) is 1.17. The van der Waals surface area contributed by atoms with Crippen LogP contribution in [0.1, 0.15) is 0 Å². The van der Waals surface area contributed by atoms with Crippen molar-refractivity contribution in [2.75, 3.05) is 33.7 Å². The van der Waals surface area contributed by atoms with Crippen molar-refractivity contribution >= 4 is 43.2 Å². The summed E-state index contributed by atoms with van der Waals surface area (Å²) in [5.41, 5.74) is 0. The van der Waals surface area contributed by atoms with Gasteiger partial charge in [0.25, 0.3) is 10.0 Å². The molecule has 0 aromatic carbocycles. The van der Waals surface area contributed by atoms with Gasteiger partial charge in [-0.05, 0) is 28.1 Å². The lowest BCUT2D eigenvalue weighted by atomic mass is 10.2. The van der Waals surface area contributed by atoms with E-state index in [4.69, 9.17) is 0 Å². The van der Waals surface area contributed by atoms with Gasteiger partial charge in [0.15, 0.2) is 0 Å². The second-order valence-corrected chi connectivity index (χ2v) is 9.21. The van der Waals surface area contributed by atoms with Crippen LogP contribution in [0.3, 0.4) is 0 Å². The van der Waals surface area contributed by atoms with Crippen molar-refractivity contribution < 1.29 is 13.2 Å². The highest BCUT2D eigenvalue weighted by Crippen LogP contribution is 2.29. The van der Waals surface area contributed by atoms with Crippen LogP contribution in [0, 0.1) is 0 Å². The van der Waals surface area contributed by atoms with Gasteiger partial charge in [-0.25, -0.2) is 8.42 Å². The number of halogens is 1. The predicted molar refractivity (Wildman–Crippen MR) is 81.3 cm³/mol. The Hall–Kier alpha value is -0.480. The van der Waals surface area contributed by atoms with Crippen molar-refractivity contribution in [2.45, 2.75) is 10.3 Å². The number of nitrogens with one attached hydrogen (secondary N) is 1. The van der Waals surface area contributed by atoms with Gasteiger partial charge in [-0.3, -0.25) is 4.79 Å². The van der Waals surface area contributed by atoms with E-state index in [0.717, 1.165) is 15.1 Å². The van der Waals surface area contributed by atoms with Gasteiger partial charge in [0.05, 0.1) is 3.79 Å². The molecule has 1 atom stereocenters. The SMILES string of the molecule is CN(C)C(=O)C1CNCCN1S(=O)(=O)c1ccc(Br)s1. The maximum atomic E-state index is 12.7. The smallest absolute Gasteiger partial charge is 0.253 e. The lowest BCUT2D eigenvalue weighted by Gasteiger charge is -2.35. The Balaban J connectivity index is 2.34. The molecular weight excluding hydrogens is 366 g/mol. The minimum atomic E-state index is -3.63. The number of amides is 1. The third-order valence-corrected chi connectivity index (χ3v) is 7.03. The van der Waals surface area contributed by atoms with Crippen molar-refractivity contribution in [1.29, 1.82) is 0 Å². The number of sulfonamides is 1. The number of carbonyl (C=O) groups is 1. The first-order chi connectivity index (χ1) is 9.34. The molecule has 1 aliphatic rings. The number of rotatable bonds is 3. The Morgan fingerprint density at radius 3 is 2.75 bits per heavy atom. The fourth-order valence-corrected chi connectivity index (χ4v) is 5.76. The van der Waals surface area contributed by atoms with Crippen molar-refractivity contribution in [3.05, 3.63) is 15.9 Å². The van der Waals surface area contributed by atoms with Crippen LogP contribution in [0.4, 0.5) is 0 Å². The van der Waals surface area contributed by atoms with E-state index in [0.29, 0.717) is 19.6 Å². The average Bonchev–Trinajstić information content (AvgIpc) is 2.85. The molecule has 2 heterocycles. The first kappa shape index (κ1) is 15.9. The summed E-state index contributed by atoms with van der Waals surface area (Å²) in [7, 11) is -0.378. The minimum Gasteiger partial charge on any atom is -0.347 e. The van der Waals surface area contributed by atoms with Gasteiger partial charge < -0.3 is 10.2 Å². The normalized spacial score (nSPS) is 20.9. The van der Waals surface area contributed by atoms with E-state index in [-0.39, 0.29) is 10.1 Å². The Bertz CT molecular complexity index is 600. The zero-order chi connectivity index (χ0) is 14.9.